The van der Waals surface area contributed by atoms with E-state index in [0.29, 0.717) is 12.0 Å². The minimum Gasteiger partial charge on any atom is -0.481 e. The van der Waals surface area contributed by atoms with Gasteiger partial charge in [-0.3, -0.25) is 25.9 Å². The molecule has 1 aromatic rings. The van der Waals surface area contributed by atoms with Crippen molar-refractivity contribution < 1.29 is 24.6 Å². The average Bonchev–Trinajstić information content (AvgIpc) is 2.38. The zero-order chi connectivity index (χ0) is 18.5. The standard InChI is InChI=1S/C11H17N3O.2C2H4O2/c1-2-6-10(15)14-11(12,13)9-7-4-3-5-8-9;2*1-2(3)4/h3-5,7-8H,2,6,12-13H2,1H3,(H,14,15);2*1H3,(H,3,4). The van der Waals surface area contributed by atoms with Crippen molar-refractivity contribution in [2.75, 3.05) is 0 Å². The maximum absolute atomic E-state index is 11.4. The molecule has 8 nitrogen and oxygen atoms in total. The van der Waals surface area contributed by atoms with Crippen LogP contribution >= 0.6 is 0 Å². The summed E-state index contributed by atoms with van der Waals surface area (Å²) in [7, 11) is 0. The number of hydrogen-bond acceptors (Lipinski definition) is 5. The number of carbonyl (C=O) groups is 3. The van der Waals surface area contributed by atoms with E-state index in [9.17, 15) is 4.79 Å². The van der Waals surface area contributed by atoms with Crippen LogP contribution in [0.4, 0.5) is 0 Å². The van der Waals surface area contributed by atoms with Gasteiger partial charge in [0.15, 0.2) is 5.79 Å². The lowest BCUT2D eigenvalue weighted by Crippen LogP contribution is -2.59. The number of hydrogen-bond donors (Lipinski definition) is 5. The number of benzene rings is 1. The number of nitrogens with one attached hydrogen (secondary N) is 1. The molecule has 0 bridgehead atoms. The Bertz CT molecular complexity index is 469. The molecule has 0 saturated carbocycles. The second kappa shape index (κ2) is 12.1. The summed E-state index contributed by atoms with van der Waals surface area (Å²) in [5.74, 6) is -3.08. The number of rotatable bonds is 4. The molecule has 130 valence electrons. The molecule has 23 heavy (non-hydrogen) atoms. The zero-order valence-electron chi connectivity index (χ0n) is 13.6. The maximum atomic E-state index is 11.4. The van der Waals surface area contributed by atoms with E-state index in [1.165, 1.54) is 0 Å². The van der Waals surface area contributed by atoms with E-state index in [4.69, 9.17) is 31.3 Å². The Morgan fingerprint density at radius 2 is 1.43 bits per heavy atom. The van der Waals surface area contributed by atoms with Crippen molar-refractivity contribution >= 4 is 17.8 Å². The Labute approximate surface area is 135 Å². The van der Waals surface area contributed by atoms with Crippen molar-refractivity contribution in [2.45, 2.75) is 39.4 Å². The molecule has 0 aliphatic carbocycles. The first-order chi connectivity index (χ1) is 10.5. The third-order valence-corrected chi connectivity index (χ3v) is 2.07. The Morgan fingerprint density at radius 1 is 1.04 bits per heavy atom. The molecule has 1 aromatic carbocycles. The monoisotopic (exact) mass is 327 g/mol. The van der Waals surface area contributed by atoms with Gasteiger partial charge in [0.2, 0.25) is 5.91 Å². The highest BCUT2D eigenvalue weighted by Crippen LogP contribution is 2.08. The quantitative estimate of drug-likeness (QED) is 0.512. The largest absolute Gasteiger partial charge is 0.481 e. The molecule has 8 heteroatoms. The first-order valence-corrected chi connectivity index (χ1v) is 6.86. The Hall–Kier alpha value is -2.45. The molecule has 0 spiro atoms. The third kappa shape index (κ3) is 15.8. The van der Waals surface area contributed by atoms with Gasteiger partial charge in [-0.1, -0.05) is 37.3 Å². The average molecular weight is 327 g/mol. The molecule has 0 aliphatic rings. The number of amides is 1. The predicted molar refractivity (Wildman–Crippen MR) is 86.2 cm³/mol. The molecular weight excluding hydrogens is 302 g/mol. The molecule has 0 aliphatic heterocycles. The van der Waals surface area contributed by atoms with E-state index in [2.05, 4.69) is 5.32 Å². The Morgan fingerprint density at radius 3 is 1.78 bits per heavy atom. The molecule has 7 N–H and O–H groups in total. The van der Waals surface area contributed by atoms with Gasteiger partial charge in [0, 0.05) is 25.8 Å². The van der Waals surface area contributed by atoms with Crippen molar-refractivity contribution in [3.05, 3.63) is 35.9 Å². The van der Waals surface area contributed by atoms with E-state index in [1.54, 1.807) is 12.1 Å². The molecule has 0 aromatic heterocycles. The van der Waals surface area contributed by atoms with Crippen LogP contribution in [-0.4, -0.2) is 28.1 Å². The van der Waals surface area contributed by atoms with Crippen molar-refractivity contribution in [3.8, 4) is 0 Å². The van der Waals surface area contributed by atoms with Crippen LogP contribution < -0.4 is 16.8 Å². The first-order valence-electron chi connectivity index (χ1n) is 6.86. The van der Waals surface area contributed by atoms with Gasteiger partial charge < -0.3 is 15.5 Å². The van der Waals surface area contributed by atoms with Crippen LogP contribution in [0.25, 0.3) is 0 Å². The van der Waals surface area contributed by atoms with E-state index in [-0.39, 0.29) is 5.91 Å². The van der Waals surface area contributed by atoms with Gasteiger partial charge in [0.25, 0.3) is 11.9 Å². The van der Waals surface area contributed by atoms with Crippen molar-refractivity contribution in [1.82, 2.24) is 5.32 Å². The van der Waals surface area contributed by atoms with Gasteiger partial charge in [-0.15, -0.1) is 0 Å². The lowest BCUT2D eigenvalue weighted by molar-refractivity contribution is -0.135. The zero-order valence-corrected chi connectivity index (χ0v) is 13.6. The summed E-state index contributed by atoms with van der Waals surface area (Å²) >= 11 is 0. The maximum Gasteiger partial charge on any atom is 0.300 e. The van der Waals surface area contributed by atoms with Gasteiger partial charge in [-0.2, -0.15) is 0 Å². The molecule has 1 rings (SSSR count). The van der Waals surface area contributed by atoms with Crippen molar-refractivity contribution in [3.63, 3.8) is 0 Å². The van der Waals surface area contributed by atoms with Crippen LogP contribution in [0.15, 0.2) is 30.3 Å². The fourth-order valence-corrected chi connectivity index (χ4v) is 1.31. The van der Waals surface area contributed by atoms with E-state index in [1.807, 2.05) is 25.1 Å². The topological polar surface area (TPSA) is 156 Å². The third-order valence-electron chi connectivity index (χ3n) is 2.07. The van der Waals surface area contributed by atoms with Crippen LogP contribution in [0.2, 0.25) is 0 Å². The van der Waals surface area contributed by atoms with Gasteiger partial charge >= 0.3 is 0 Å². The van der Waals surface area contributed by atoms with Gasteiger partial charge in [0.1, 0.15) is 0 Å². The lowest BCUT2D eigenvalue weighted by Gasteiger charge is -2.26. The fourth-order valence-electron chi connectivity index (χ4n) is 1.31. The number of nitrogens with two attached hydrogens (primary N) is 2. The lowest BCUT2D eigenvalue weighted by atomic mass is 10.1. The van der Waals surface area contributed by atoms with Gasteiger partial charge in [-0.25, -0.2) is 0 Å². The number of carbonyl (C=O) groups excluding carboxylic acids is 1. The normalized spacial score (nSPS) is 9.43. The Kier molecular flexibility index (Phi) is 12.0. The van der Waals surface area contributed by atoms with Gasteiger partial charge in [-0.05, 0) is 6.42 Å². The van der Waals surface area contributed by atoms with Crippen LogP contribution in [-0.2, 0) is 20.2 Å². The van der Waals surface area contributed by atoms with Crippen molar-refractivity contribution in [2.24, 2.45) is 11.5 Å². The second-order valence-corrected chi connectivity index (χ2v) is 4.57. The summed E-state index contributed by atoms with van der Waals surface area (Å²) in [5, 5.41) is 17.4. The fraction of sp³-hybridized carbons (Fsp3) is 0.400. The minimum atomic E-state index is -1.28. The highest BCUT2D eigenvalue weighted by Gasteiger charge is 2.23. The smallest absolute Gasteiger partial charge is 0.300 e. The SMILES string of the molecule is CC(=O)O.CC(=O)O.CCCC(=O)NC(N)(N)c1ccccc1. The number of carboxylic acid groups (broad SMARTS) is 2. The van der Waals surface area contributed by atoms with Crippen LogP contribution in [0, 0.1) is 0 Å². The van der Waals surface area contributed by atoms with Crippen LogP contribution in [0.1, 0.15) is 39.2 Å². The van der Waals surface area contributed by atoms with E-state index in [0.717, 1.165) is 20.3 Å². The summed E-state index contributed by atoms with van der Waals surface area (Å²) < 4.78 is 0. The van der Waals surface area contributed by atoms with Crippen molar-refractivity contribution in [1.29, 1.82) is 0 Å². The second-order valence-electron chi connectivity index (χ2n) is 4.57. The first kappa shape index (κ1) is 22.8. The summed E-state index contributed by atoms with van der Waals surface area (Å²) in [5.41, 5.74) is 12.3. The summed E-state index contributed by atoms with van der Waals surface area (Å²) in [6.07, 6.45) is 1.21. The van der Waals surface area contributed by atoms with E-state index < -0.39 is 17.7 Å². The molecule has 0 heterocycles. The minimum absolute atomic E-state index is 0.133. The highest BCUT2D eigenvalue weighted by molar-refractivity contribution is 5.76. The molecule has 0 unspecified atom stereocenters. The molecule has 0 fully saturated rings. The highest BCUT2D eigenvalue weighted by atomic mass is 16.4. The molecule has 0 radical (unpaired) electrons. The number of aliphatic carboxylic acids is 2. The van der Waals surface area contributed by atoms with Gasteiger partial charge in [0.05, 0.1) is 0 Å². The number of carboxylic acids is 2. The predicted octanol–water partition coefficient (Wildman–Crippen LogP) is 0.812. The molecule has 0 saturated heterocycles. The summed E-state index contributed by atoms with van der Waals surface area (Å²) in [6, 6.07) is 9.09. The molecular formula is C15H25N3O5. The molecule has 1 amide bonds. The van der Waals surface area contributed by atoms with Crippen LogP contribution in [0.3, 0.4) is 0 Å². The molecule has 0 atom stereocenters. The summed E-state index contributed by atoms with van der Waals surface area (Å²) in [4.78, 5) is 29.4. The Balaban J connectivity index is 0. The van der Waals surface area contributed by atoms with Crippen LogP contribution in [0.5, 0.6) is 0 Å². The van der Waals surface area contributed by atoms with E-state index >= 15 is 0 Å². The summed E-state index contributed by atoms with van der Waals surface area (Å²) in [6.45, 7) is 4.09.